The van der Waals surface area contributed by atoms with Crippen molar-refractivity contribution in [2.24, 2.45) is 11.1 Å². The maximum absolute atomic E-state index is 12.2. The summed E-state index contributed by atoms with van der Waals surface area (Å²) in [7, 11) is 0. The van der Waals surface area contributed by atoms with Crippen LogP contribution in [0.5, 0.6) is 0 Å². The minimum Gasteiger partial charge on any atom is -0.405 e. The fraction of sp³-hybridized carbons (Fsp3) is 0.267. The molecule has 0 fully saturated rings. The molecule has 1 rings (SSSR count). The van der Waals surface area contributed by atoms with Crippen LogP contribution in [0, 0.1) is 5.41 Å². The van der Waals surface area contributed by atoms with E-state index in [2.05, 4.69) is 6.58 Å². The van der Waals surface area contributed by atoms with Gasteiger partial charge in [0.15, 0.2) is 5.78 Å². The fourth-order valence-corrected chi connectivity index (χ4v) is 1.60. The largest absolute Gasteiger partial charge is 0.405 e. The molecule has 0 heterocycles. The van der Waals surface area contributed by atoms with Gasteiger partial charge in [-0.2, -0.15) is 0 Å². The van der Waals surface area contributed by atoms with Gasteiger partial charge in [-0.05, 0) is 23.4 Å². The van der Waals surface area contributed by atoms with Crippen LogP contribution in [0.4, 0.5) is 0 Å². The summed E-state index contributed by atoms with van der Waals surface area (Å²) in [5.74, 6) is 0.0513. The Morgan fingerprint density at radius 1 is 1.29 bits per heavy atom. The molecule has 0 saturated heterocycles. The molecular formula is C15H19NO. The van der Waals surface area contributed by atoms with Crippen LogP contribution >= 0.6 is 0 Å². The summed E-state index contributed by atoms with van der Waals surface area (Å²) >= 11 is 0. The van der Waals surface area contributed by atoms with Crippen LogP contribution < -0.4 is 5.73 Å². The van der Waals surface area contributed by atoms with Crippen LogP contribution in [0.15, 0.2) is 37.0 Å². The van der Waals surface area contributed by atoms with E-state index in [4.69, 9.17) is 5.73 Å². The van der Waals surface area contributed by atoms with Crippen molar-refractivity contribution in [2.45, 2.75) is 20.8 Å². The molecule has 0 aliphatic heterocycles. The lowest BCUT2D eigenvalue weighted by molar-refractivity contribution is -0.120. The number of rotatable bonds is 3. The minimum absolute atomic E-state index is 0.0513. The molecule has 0 bridgehead atoms. The highest BCUT2D eigenvalue weighted by Gasteiger charge is 2.25. The van der Waals surface area contributed by atoms with E-state index in [1.807, 2.05) is 45.0 Å². The first-order valence-corrected chi connectivity index (χ1v) is 5.59. The average molecular weight is 229 g/mol. The molecule has 1 aromatic carbocycles. The number of Topliss-reactive ketones (excluding diaryl/α,β-unsaturated/α-hetero) is 1. The smallest absolute Gasteiger partial charge is 0.168 e. The first-order valence-electron chi connectivity index (χ1n) is 5.59. The molecule has 0 unspecified atom stereocenters. The van der Waals surface area contributed by atoms with Gasteiger partial charge in [-0.1, -0.05) is 51.6 Å². The molecule has 17 heavy (non-hydrogen) atoms. The molecule has 0 aromatic heterocycles. The number of benzene rings is 1. The Kier molecular flexibility index (Phi) is 3.89. The Morgan fingerprint density at radius 2 is 1.88 bits per heavy atom. The molecule has 90 valence electrons. The van der Waals surface area contributed by atoms with E-state index in [0.29, 0.717) is 5.57 Å². The third-order valence-electron chi connectivity index (χ3n) is 2.52. The molecule has 1 aromatic rings. The summed E-state index contributed by atoms with van der Waals surface area (Å²) in [5, 5.41) is 0. The monoisotopic (exact) mass is 229 g/mol. The van der Waals surface area contributed by atoms with Gasteiger partial charge in [0.05, 0.1) is 0 Å². The summed E-state index contributed by atoms with van der Waals surface area (Å²) in [5.41, 5.74) is 7.27. The second-order valence-corrected chi connectivity index (χ2v) is 5.00. The molecule has 0 saturated carbocycles. The van der Waals surface area contributed by atoms with Crippen LogP contribution in [0.1, 0.15) is 31.9 Å². The molecule has 0 spiro atoms. The molecule has 0 amide bonds. The molecule has 0 atom stereocenters. The van der Waals surface area contributed by atoms with E-state index in [1.54, 1.807) is 6.08 Å². The van der Waals surface area contributed by atoms with Gasteiger partial charge in [-0.25, -0.2) is 0 Å². The van der Waals surface area contributed by atoms with Gasteiger partial charge < -0.3 is 5.73 Å². The van der Waals surface area contributed by atoms with Gasteiger partial charge in [0.1, 0.15) is 0 Å². The lowest BCUT2D eigenvalue weighted by Gasteiger charge is -2.19. The number of nitrogens with two attached hydrogens (primary N) is 1. The van der Waals surface area contributed by atoms with E-state index < -0.39 is 5.41 Å². The molecule has 2 N–H and O–H groups in total. The number of carbonyl (C=O) groups is 1. The zero-order valence-electron chi connectivity index (χ0n) is 10.7. The van der Waals surface area contributed by atoms with E-state index in [-0.39, 0.29) is 5.78 Å². The molecule has 2 nitrogen and oxygen atoms in total. The van der Waals surface area contributed by atoms with E-state index >= 15 is 0 Å². The highest BCUT2D eigenvalue weighted by atomic mass is 16.1. The van der Waals surface area contributed by atoms with Crippen LogP contribution in [-0.4, -0.2) is 5.78 Å². The Balaban J connectivity index is 3.17. The van der Waals surface area contributed by atoms with Gasteiger partial charge in [0.25, 0.3) is 0 Å². The quantitative estimate of drug-likeness (QED) is 0.808. The van der Waals surface area contributed by atoms with Gasteiger partial charge in [0, 0.05) is 11.0 Å². The van der Waals surface area contributed by atoms with Crippen molar-refractivity contribution in [1.82, 2.24) is 0 Å². The van der Waals surface area contributed by atoms with E-state index in [1.165, 1.54) is 6.20 Å². The van der Waals surface area contributed by atoms with Crippen molar-refractivity contribution in [3.63, 3.8) is 0 Å². The Morgan fingerprint density at radius 3 is 2.41 bits per heavy atom. The zero-order valence-corrected chi connectivity index (χ0v) is 10.7. The SMILES string of the molecule is C=C(C(=O)C(C)(C)C)c1ccccc1/C=C\N. The Bertz CT molecular complexity index is 464. The van der Waals surface area contributed by atoms with Gasteiger partial charge in [0.2, 0.25) is 0 Å². The summed E-state index contributed by atoms with van der Waals surface area (Å²) in [6.45, 7) is 9.58. The van der Waals surface area contributed by atoms with Crippen LogP contribution in [0.2, 0.25) is 0 Å². The number of hydrogen-bond donors (Lipinski definition) is 1. The van der Waals surface area contributed by atoms with Crippen molar-refractivity contribution in [2.75, 3.05) is 0 Å². The number of allylic oxidation sites excluding steroid dienone is 1. The second kappa shape index (κ2) is 5.00. The van der Waals surface area contributed by atoms with Crippen molar-refractivity contribution < 1.29 is 4.79 Å². The van der Waals surface area contributed by atoms with Crippen molar-refractivity contribution in [1.29, 1.82) is 0 Å². The minimum atomic E-state index is -0.420. The molecule has 0 aliphatic rings. The van der Waals surface area contributed by atoms with Gasteiger partial charge in [-0.3, -0.25) is 4.79 Å². The van der Waals surface area contributed by atoms with Crippen molar-refractivity contribution in [3.05, 3.63) is 48.2 Å². The average Bonchev–Trinajstić information content (AvgIpc) is 2.27. The summed E-state index contributed by atoms with van der Waals surface area (Å²) < 4.78 is 0. The highest BCUT2D eigenvalue weighted by molar-refractivity contribution is 6.22. The van der Waals surface area contributed by atoms with E-state index in [0.717, 1.165) is 11.1 Å². The second-order valence-electron chi connectivity index (χ2n) is 5.00. The molecule has 0 aliphatic carbocycles. The fourth-order valence-electron chi connectivity index (χ4n) is 1.60. The lowest BCUT2D eigenvalue weighted by Crippen LogP contribution is -2.21. The van der Waals surface area contributed by atoms with Crippen LogP contribution in [-0.2, 0) is 4.79 Å². The molecule has 2 heteroatoms. The summed E-state index contributed by atoms with van der Waals surface area (Å²) in [4.78, 5) is 12.2. The topological polar surface area (TPSA) is 43.1 Å². The first kappa shape index (κ1) is 13.2. The Labute approximate surface area is 103 Å². The summed E-state index contributed by atoms with van der Waals surface area (Å²) in [6, 6.07) is 7.61. The van der Waals surface area contributed by atoms with Crippen LogP contribution in [0.25, 0.3) is 11.6 Å². The summed E-state index contributed by atoms with van der Waals surface area (Å²) in [6.07, 6.45) is 3.24. The number of hydrogen-bond acceptors (Lipinski definition) is 2. The number of ketones is 1. The third-order valence-corrected chi connectivity index (χ3v) is 2.52. The van der Waals surface area contributed by atoms with Gasteiger partial charge in [-0.15, -0.1) is 0 Å². The lowest BCUT2D eigenvalue weighted by atomic mass is 9.83. The van der Waals surface area contributed by atoms with E-state index in [9.17, 15) is 4.79 Å². The first-order chi connectivity index (χ1) is 7.88. The van der Waals surface area contributed by atoms with Crippen molar-refractivity contribution in [3.8, 4) is 0 Å². The van der Waals surface area contributed by atoms with Crippen LogP contribution in [0.3, 0.4) is 0 Å². The predicted octanol–water partition coefficient (Wildman–Crippen LogP) is 3.24. The molecular weight excluding hydrogens is 210 g/mol. The normalized spacial score (nSPS) is 11.7. The molecule has 0 radical (unpaired) electrons. The highest BCUT2D eigenvalue weighted by Crippen LogP contribution is 2.27. The third kappa shape index (κ3) is 3.06. The predicted molar refractivity (Wildman–Crippen MR) is 73.2 cm³/mol. The van der Waals surface area contributed by atoms with Crippen molar-refractivity contribution >= 4 is 17.4 Å². The Hall–Kier alpha value is -1.83. The van der Waals surface area contributed by atoms with Gasteiger partial charge >= 0.3 is 0 Å². The zero-order chi connectivity index (χ0) is 13.1. The standard InChI is InChI=1S/C15H19NO/c1-11(14(17)15(2,3)4)13-8-6-5-7-12(13)9-10-16/h5-10H,1,16H2,2-4H3/b10-9-. The number of carbonyl (C=O) groups excluding carboxylic acids is 1. The maximum Gasteiger partial charge on any atom is 0.168 e. The maximum atomic E-state index is 12.2.